The average Bonchev–Trinajstić information content (AvgIpc) is 2.12. The van der Waals surface area contributed by atoms with E-state index in [-0.39, 0.29) is 6.42 Å². The summed E-state index contributed by atoms with van der Waals surface area (Å²) in [6.45, 7) is 0.795. The Morgan fingerprint density at radius 2 is 2.29 bits per heavy atom. The standard InChI is InChI=1S/C10H20N2O2/c11-8-3-1-4-9(7-8)12-6-2-5-10(13)14/h8-9,12H,1-7,11H2,(H,13,14). The molecule has 0 aromatic heterocycles. The van der Waals surface area contributed by atoms with Crippen LogP contribution in [-0.2, 0) is 4.79 Å². The summed E-state index contributed by atoms with van der Waals surface area (Å²) in [5.74, 6) is -0.716. The first-order valence-electron chi connectivity index (χ1n) is 5.39. The Labute approximate surface area is 84.9 Å². The maximum atomic E-state index is 10.3. The van der Waals surface area contributed by atoms with Gasteiger partial charge >= 0.3 is 5.97 Å². The average molecular weight is 200 g/mol. The molecule has 1 saturated carbocycles. The maximum Gasteiger partial charge on any atom is 0.303 e. The molecule has 82 valence electrons. The Balaban J connectivity index is 2.03. The first kappa shape index (κ1) is 11.5. The molecular weight excluding hydrogens is 180 g/mol. The van der Waals surface area contributed by atoms with Crippen molar-refractivity contribution < 1.29 is 9.90 Å². The van der Waals surface area contributed by atoms with Crippen molar-refractivity contribution in [3.05, 3.63) is 0 Å². The van der Waals surface area contributed by atoms with Gasteiger partial charge in [-0.05, 0) is 32.2 Å². The summed E-state index contributed by atoms with van der Waals surface area (Å²) in [6, 6.07) is 0.841. The third kappa shape index (κ3) is 4.58. The Morgan fingerprint density at radius 3 is 2.93 bits per heavy atom. The number of aliphatic carboxylic acids is 1. The van der Waals surface area contributed by atoms with Crippen LogP contribution in [0.5, 0.6) is 0 Å². The minimum atomic E-state index is -0.716. The fourth-order valence-corrected chi connectivity index (χ4v) is 1.96. The van der Waals surface area contributed by atoms with Crippen LogP contribution in [0.3, 0.4) is 0 Å². The number of carboxylic acid groups (broad SMARTS) is 1. The van der Waals surface area contributed by atoms with Gasteiger partial charge in [0, 0.05) is 18.5 Å². The number of hydrogen-bond donors (Lipinski definition) is 3. The molecule has 0 spiro atoms. The Bertz CT molecular complexity index is 185. The van der Waals surface area contributed by atoms with Crippen molar-refractivity contribution in [2.45, 2.75) is 50.6 Å². The quantitative estimate of drug-likeness (QED) is 0.571. The first-order chi connectivity index (χ1) is 6.68. The van der Waals surface area contributed by atoms with Gasteiger partial charge in [-0.1, -0.05) is 6.42 Å². The van der Waals surface area contributed by atoms with E-state index in [1.165, 1.54) is 12.8 Å². The number of carbonyl (C=O) groups is 1. The van der Waals surface area contributed by atoms with Crippen LogP contribution in [0.1, 0.15) is 38.5 Å². The summed E-state index contributed by atoms with van der Waals surface area (Å²) in [5, 5.41) is 11.8. The van der Waals surface area contributed by atoms with Crippen LogP contribution in [0.4, 0.5) is 0 Å². The zero-order valence-corrected chi connectivity index (χ0v) is 8.54. The third-order valence-electron chi connectivity index (χ3n) is 2.72. The van der Waals surface area contributed by atoms with Gasteiger partial charge in [0.1, 0.15) is 0 Å². The first-order valence-corrected chi connectivity index (χ1v) is 5.39. The van der Waals surface area contributed by atoms with E-state index in [0.29, 0.717) is 18.5 Å². The summed E-state index contributed by atoms with van der Waals surface area (Å²) < 4.78 is 0. The largest absolute Gasteiger partial charge is 0.481 e. The number of nitrogens with two attached hydrogens (primary N) is 1. The van der Waals surface area contributed by atoms with Gasteiger partial charge < -0.3 is 16.2 Å². The topological polar surface area (TPSA) is 75.3 Å². The number of rotatable bonds is 5. The van der Waals surface area contributed by atoms with Gasteiger partial charge in [-0.3, -0.25) is 4.79 Å². The SMILES string of the molecule is NC1CCCC(NCCCC(=O)O)C1. The smallest absolute Gasteiger partial charge is 0.303 e. The molecule has 2 unspecified atom stereocenters. The van der Waals surface area contributed by atoms with E-state index < -0.39 is 5.97 Å². The fraction of sp³-hybridized carbons (Fsp3) is 0.900. The van der Waals surface area contributed by atoms with Crippen LogP contribution >= 0.6 is 0 Å². The molecule has 0 amide bonds. The molecule has 1 rings (SSSR count). The maximum absolute atomic E-state index is 10.3. The van der Waals surface area contributed by atoms with Gasteiger partial charge in [0.2, 0.25) is 0 Å². The molecule has 0 bridgehead atoms. The van der Waals surface area contributed by atoms with Crippen molar-refractivity contribution in [2.24, 2.45) is 5.73 Å². The minimum Gasteiger partial charge on any atom is -0.481 e. The minimum absolute atomic E-state index is 0.256. The van der Waals surface area contributed by atoms with E-state index in [1.807, 2.05) is 0 Å². The van der Waals surface area contributed by atoms with Gasteiger partial charge in [-0.2, -0.15) is 0 Å². The lowest BCUT2D eigenvalue weighted by molar-refractivity contribution is -0.137. The number of nitrogens with one attached hydrogen (secondary N) is 1. The van der Waals surface area contributed by atoms with Crippen molar-refractivity contribution in [1.29, 1.82) is 0 Å². The summed E-state index contributed by atoms with van der Waals surface area (Å²) in [4.78, 5) is 10.3. The summed E-state index contributed by atoms with van der Waals surface area (Å²) in [7, 11) is 0. The Morgan fingerprint density at radius 1 is 1.50 bits per heavy atom. The van der Waals surface area contributed by atoms with Crippen molar-refractivity contribution in [3.63, 3.8) is 0 Å². The summed E-state index contributed by atoms with van der Waals surface area (Å²) in [5.41, 5.74) is 5.84. The molecule has 4 heteroatoms. The van der Waals surface area contributed by atoms with Crippen LogP contribution in [0.2, 0.25) is 0 Å². The molecule has 0 heterocycles. The number of carboxylic acids is 1. The molecule has 0 saturated heterocycles. The highest BCUT2D eigenvalue weighted by molar-refractivity contribution is 5.66. The second kappa shape index (κ2) is 5.98. The Kier molecular flexibility index (Phi) is 4.90. The van der Waals surface area contributed by atoms with Gasteiger partial charge in [0.15, 0.2) is 0 Å². The lowest BCUT2D eigenvalue weighted by Gasteiger charge is -2.27. The van der Waals surface area contributed by atoms with E-state index in [0.717, 1.165) is 19.4 Å². The second-order valence-electron chi connectivity index (χ2n) is 4.08. The van der Waals surface area contributed by atoms with Crippen molar-refractivity contribution >= 4 is 5.97 Å². The Hall–Kier alpha value is -0.610. The molecule has 2 atom stereocenters. The van der Waals surface area contributed by atoms with Crippen LogP contribution in [-0.4, -0.2) is 29.7 Å². The molecule has 0 aromatic carbocycles. The van der Waals surface area contributed by atoms with Crippen molar-refractivity contribution in [2.75, 3.05) is 6.54 Å². The second-order valence-corrected chi connectivity index (χ2v) is 4.08. The summed E-state index contributed by atoms with van der Waals surface area (Å²) >= 11 is 0. The zero-order valence-electron chi connectivity index (χ0n) is 8.54. The molecule has 4 N–H and O–H groups in total. The van der Waals surface area contributed by atoms with Crippen LogP contribution < -0.4 is 11.1 Å². The molecule has 0 radical (unpaired) electrons. The highest BCUT2D eigenvalue weighted by Gasteiger charge is 2.17. The molecule has 0 aromatic rings. The van der Waals surface area contributed by atoms with E-state index >= 15 is 0 Å². The van der Waals surface area contributed by atoms with E-state index in [4.69, 9.17) is 10.8 Å². The lowest BCUT2D eigenvalue weighted by Crippen LogP contribution is -2.39. The van der Waals surface area contributed by atoms with Crippen LogP contribution in [0.15, 0.2) is 0 Å². The van der Waals surface area contributed by atoms with E-state index in [9.17, 15) is 4.79 Å². The molecule has 4 nitrogen and oxygen atoms in total. The van der Waals surface area contributed by atoms with Gasteiger partial charge in [-0.25, -0.2) is 0 Å². The third-order valence-corrected chi connectivity index (χ3v) is 2.72. The van der Waals surface area contributed by atoms with Crippen LogP contribution in [0, 0.1) is 0 Å². The highest BCUT2D eigenvalue weighted by atomic mass is 16.4. The molecule has 1 aliphatic carbocycles. The molecule has 0 aliphatic heterocycles. The van der Waals surface area contributed by atoms with Gasteiger partial charge in [0.25, 0.3) is 0 Å². The van der Waals surface area contributed by atoms with Gasteiger partial charge in [0.05, 0.1) is 0 Å². The van der Waals surface area contributed by atoms with Crippen LogP contribution in [0.25, 0.3) is 0 Å². The predicted molar refractivity (Wildman–Crippen MR) is 55.1 cm³/mol. The van der Waals surface area contributed by atoms with E-state index in [1.54, 1.807) is 0 Å². The van der Waals surface area contributed by atoms with Crippen molar-refractivity contribution in [1.82, 2.24) is 5.32 Å². The highest BCUT2D eigenvalue weighted by Crippen LogP contribution is 2.16. The fourth-order valence-electron chi connectivity index (χ4n) is 1.96. The van der Waals surface area contributed by atoms with E-state index in [2.05, 4.69) is 5.32 Å². The normalized spacial score (nSPS) is 27.5. The molecule has 1 aliphatic rings. The zero-order chi connectivity index (χ0) is 10.4. The van der Waals surface area contributed by atoms with Gasteiger partial charge in [-0.15, -0.1) is 0 Å². The number of hydrogen-bond acceptors (Lipinski definition) is 3. The van der Waals surface area contributed by atoms with Crippen molar-refractivity contribution in [3.8, 4) is 0 Å². The monoisotopic (exact) mass is 200 g/mol. The molecular formula is C10H20N2O2. The molecule has 14 heavy (non-hydrogen) atoms. The lowest BCUT2D eigenvalue weighted by atomic mass is 9.91. The predicted octanol–water partition coefficient (Wildman–Crippen LogP) is 0.711. The summed E-state index contributed by atoms with van der Waals surface area (Å²) in [6.07, 6.45) is 5.51. The molecule has 1 fully saturated rings.